The van der Waals surface area contributed by atoms with E-state index in [2.05, 4.69) is 10.2 Å². The van der Waals surface area contributed by atoms with Crippen molar-refractivity contribution in [3.8, 4) is 0 Å². The van der Waals surface area contributed by atoms with Gasteiger partial charge < -0.3 is 35.2 Å². The molecule has 3 aliphatic heterocycles. The van der Waals surface area contributed by atoms with Gasteiger partial charge >= 0.3 is 0 Å². The van der Waals surface area contributed by atoms with Gasteiger partial charge in [-0.1, -0.05) is 48.5 Å². The van der Waals surface area contributed by atoms with Gasteiger partial charge in [0.2, 0.25) is 0 Å². The number of hydrogen-bond acceptors (Lipinski definition) is 8. The Morgan fingerprint density at radius 3 is 2.34 bits per heavy atom. The maximum Gasteiger partial charge on any atom is 0.255 e. The van der Waals surface area contributed by atoms with E-state index in [4.69, 9.17) is 4.74 Å². The van der Waals surface area contributed by atoms with Crippen molar-refractivity contribution in [2.24, 2.45) is 5.92 Å². The van der Waals surface area contributed by atoms with E-state index in [1.165, 1.54) is 16.7 Å². The average molecular weight is 540 g/mol. The van der Waals surface area contributed by atoms with Crippen LogP contribution in [0.3, 0.4) is 0 Å². The zero-order valence-electron chi connectivity index (χ0n) is 21.0. The second kappa shape index (κ2) is 11.9. The number of hydrogen-bond donors (Lipinski definition) is 4. The third kappa shape index (κ3) is 5.74. The van der Waals surface area contributed by atoms with E-state index in [0.717, 1.165) is 40.4 Å². The number of nitrogens with zero attached hydrogens (tertiary/aromatic N) is 2. The first-order chi connectivity index (χ1) is 18.4. The van der Waals surface area contributed by atoms with Crippen molar-refractivity contribution in [1.82, 2.24) is 10.2 Å². The molecule has 0 aromatic heterocycles. The Hall–Kier alpha value is -2.89. The van der Waals surface area contributed by atoms with E-state index in [1.807, 2.05) is 54.6 Å². The van der Waals surface area contributed by atoms with Crippen molar-refractivity contribution >= 4 is 29.3 Å². The molecule has 4 N–H and O–H groups in total. The molecule has 2 unspecified atom stereocenters. The summed E-state index contributed by atoms with van der Waals surface area (Å²) in [5.74, 6) is -0.975. The molecular weight excluding hydrogens is 506 g/mol. The molecule has 2 amide bonds. The van der Waals surface area contributed by atoms with Gasteiger partial charge in [0.05, 0.1) is 19.3 Å². The molecule has 3 heterocycles. The molecule has 9 nitrogen and oxygen atoms in total. The van der Waals surface area contributed by atoms with Gasteiger partial charge in [0.15, 0.2) is 12.2 Å². The van der Waals surface area contributed by atoms with Crippen LogP contribution in [0.2, 0.25) is 0 Å². The van der Waals surface area contributed by atoms with Crippen molar-refractivity contribution in [2.45, 2.75) is 31.4 Å². The topological polar surface area (TPSA) is 123 Å². The SMILES string of the molecule is O=C(NCC1=CC(C(O)c2ccccc2N2CCOCC2)CS1)[C@H](O)[C@@H](O)C(=O)N1Cc2ccccc2C1. The molecule has 1 fully saturated rings. The van der Waals surface area contributed by atoms with Gasteiger partial charge in [-0.3, -0.25) is 9.59 Å². The number of carbonyl (C=O) groups excluding carboxylic acids is 2. The van der Waals surface area contributed by atoms with Gasteiger partial charge in [-0.05, 0) is 17.2 Å². The van der Waals surface area contributed by atoms with E-state index >= 15 is 0 Å². The lowest BCUT2D eigenvalue weighted by atomic mass is 9.95. The average Bonchev–Trinajstić information content (AvgIpc) is 3.62. The second-order valence-electron chi connectivity index (χ2n) is 9.78. The first-order valence-corrected chi connectivity index (χ1v) is 13.8. The largest absolute Gasteiger partial charge is 0.388 e. The number of benzene rings is 2. The van der Waals surface area contributed by atoms with Crippen molar-refractivity contribution in [1.29, 1.82) is 0 Å². The summed E-state index contributed by atoms with van der Waals surface area (Å²) in [5, 5.41) is 34.6. The van der Waals surface area contributed by atoms with Crippen LogP contribution in [0.25, 0.3) is 0 Å². The van der Waals surface area contributed by atoms with Crippen LogP contribution in [-0.2, 0) is 27.4 Å². The van der Waals surface area contributed by atoms with E-state index in [9.17, 15) is 24.9 Å². The number of nitrogens with one attached hydrogen (secondary N) is 1. The fraction of sp³-hybridized carbons (Fsp3) is 0.429. The highest BCUT2D eigenvalue weighted by Crippen LogP contribution is 2.39. The second-order valence-corrected chi connectivity index (χ2v) is 10.9. The van der Waals surface area contributed by atoms with Crippen LogP contribution in [0.15, 0.2) is 59.5 Å². The zero-order valence-corrected chi connectivity index (χ0v) is 21.8. The predicted octanol–water partition coefficient (Wildman–Crippen LogP) is 1.18. The minimum absolute atomic E-state index is 0.136. The number of morpholine rings is 1. The number of anilines is 1. The van der Waals surface area contributed by atoms with Gasteiger partial charge in [-0.25, -0.2) is 0 Å². The highest BCUT2D eigenvalue weighted by Gasteiger charge is 2.36. The Balaban J connectivity index is 1.15. The van der Waals surface area contributed by atoms with E-state index < -0.39 is 30.1 Å². The predicted molar refractivity (Wildman–Crippen MR) is 144 cm³/mol. The van der Waals surface area contributed by atoms with Gasteiger partial charge in [-0.15, -0.1) is 11.8 Å². The Morgan fingerprint density at radius 1 is 0.974 bits per heavy atom. The third-order valence-electron chi connectivity index (χ3n) is 7.28. The summed E-state index contributed by atoms with van der Waals surface area (Å²) in [7, 11) is 0. The molecule has 0 bridgehead atoms. The van der Waals surface area contributed by atoms with Crippen molar-refractivity contribution < 1.29 is 29.6 Å². The van der Waals surface area contributed by atoms with Crippen molar-refractivity contribution in [3.63, 3.8) is 0 Å². The van der Waals surface area contributed by atoms with Crippen LogP contribution < -0.4 is 10.2 Å². The summed E-state index contributed by atoms with van der Waals surface area (Å²) in [4.78, 5) is 29.8. The molecule has 1 saturated heterocycles. The standard InChI is InChI=1S/C28H33N3O6S/c32-24(22-7-3-4-8-23(22)30-9-11-37-12-10-30)20-13-21(38-17-20)14-29-27(35)25(33)26(34)28(36)31-15-18-5-1-2-6-19(18)16-31/h1-8,13,20,24-26,32-34H,9-12,14-17H2,(H,29,35)/t20?,24?,25-,26-/m1/s1. The number of ether oxygens (including phenoxy) is 1. The van der Waals surface area contributed by atoms with Crippen LogP contribution in [-0.4, -0.2) is 82.8 Å². The Labute approximate surface area is 226 Å². The zero-order chi connectivity index (χ0) is 26.6. The molecule has 4 atom stereocenters. The van der Waals surface area contributed by atoms with E-state index in [0.29, 0.717) is 32.1 Å². The molecule has 202 valence electrons. The Bertz CT molecular complexity index is 1180. The summed E-state index contributed by atoms with van der Waals surface area (Å²) in [6.45, 7) is 3.68. The van der Waals surface area contributed by atoms with Crippen LogP contribution in [0.4, 0.5) is 5.69 Å². The lowest BCUT2D eigenvalue weighted by Gasteiger charge is -2.32. The molecule has 2 aromatic carbocycles. The summed E-state index contributed by atoms with van der Waals surface area (Å²) in [5.41, 5.74) is 3.84. The smallest absolute Gasteiger partial charge is 0.255 e. The number of carbonyl (C=O) groups is 2. The maximum absolute atomic E-state index is 12.7. The molecule has 38 heavy (non-hydrogen) atoms. The summed E-state index contributed by atoms with van der Waals surface area (Å²) in [6, 6.07) is 15.4. The fourth-order valence-corrected chi connectivity index (χ4v) is 6.25. The number of para-hydroxylation sites is 1. The van der Waals surface area contributed by atoms with E-state index in [1.54, 1.807) is 0 Å². The Kier molecular flexibility index (Phi) is 8.35. The van der Waals surface area contributed by atoms with Gasteiger partial charge in [-0.2, -0.15) is 0 Å². The van der Waals surface area contributed by atoms with Crippen LogP contribution in [0.1, 0.15) is 22.8 Å². The minimum atomic E-state index is -1.87. The van der Waals surface area contributed by atoms with Crippen LogP contribution >= 0.6 is 11.8 Å². The molecule has 0 spiro atoms. The van der Waals surface area contributed by atoms with Crippen molar-refractivity contribution in [3.05, 3.63) is 76.2 Å². The number of fused-ring (bicyclic) bond motifs is 1. The van der Waals surface area contributed by atoms with E-state index in [-0.39, 0.29) is 12.5 Å². The number of rotatable bonds is 8. The maximum atomic E-state index is 12.7. The normalized spacial score (nSPS) is 21.4. The quantitative estimate of drug-likeness (QED) is 0.395. The Morgan fingerprint density at radius 2 is 1.63 bits per heavy atom. The lowest BCUT2D eigenvalue weighted by Crippen LogP contribution is -2.49. The summed E-state index contributed by atoms with van der Waals surface area (Å²) >= 11 is 1.53. The first-order valence-electron chi connectivity index (χ1n) is 12.8. The van der Waals surface area contributed by atoms with Gasteiger partial charge in [0.25, 0.3) is 11.8 Å². The molecule has 0 aliphatic carbocycles. The molecule has 0 saturated carbocycles. The highest BCUT2D eigenvalue weighted by molar-refractivity contribution is 8.03. The van der Waals surface area contributed by atoms with Gasteiger partial charge in [0.1, 0.15) is 0 Å². The number of amides is 2. The highest BCUT2D eigenvalue weighted by atomic mass is 32.2. The third-order valence-corrected chi connectivity index (χ3v) is 8.49. The summed E-state index contributed by atoms with van der Waals surface area (Å²) < 4.78 is 5.46. The first kappa shape index (κ1) is 26.7. The molecule has 2 aromatic rings. The molecular formula is C28H33N3O6S. The lowest BCUT2D eigenvalue weighted by molar-refractivity contribution is -0.153. The van der Waals surface area contributed by atoms with Crippen molar-refractivity contribution in [2.75, 3.05) is 43.5 Å². The molecule has 5 rings (SSSR count). The van der Waals surface area contributed by atoms with Crippen LogP contribution in [0.5, 0.6) is 0 Å². The molecule has 3 aliphatic rings. The molecule has 0 radical (unpaired) electrons. The number of aliphatic hydroxyl groups is 3. The van der Waals surface area contributed by atoms with Gasteiger partial charge in [0, 0.05) is 60.6 Å². The molecule has 10 heteroatoms. The number of aliphatic hydroxyl groups excluding tert-OH is 3. The monoisotopic (exact) mass is 539 g/mol. The summed E-state index contributed by atoms with van der Waals surface area (Å²) in [6.07, 6.45) is -2.48. The fourth-order valence-electron chi connectivity index (χ4n) is 5.12. The number of thioether (sulfide) groups is 1. The minimum Gasteiger partial charge on any atom is -0.388 e. The van der Waals surface area contributed by atoms with Crippen LogP contribution in [0, 0.1) is 5.92 Å².